The summed E-state index contributed by atoms with van der Waals surface area (Å²) in [7, 11) is 0. The van der Waals surface area contributed by atoms with Crippen LogP contribution in [0.15, 0.2) is 54.6 Å². The van der Waals surface area contributed by atoms with E-state index in [1.807, 2.05) is 31.2 Å². The molecule has 0 aliphatic rings. The van der Waals surface area contributed by atoms with Crippen LogP contribution in [-0.2, 0) is 0 Å². The first-order chi connectivity index (χ1) is 9.65. The Morgan fingerprint density at radius 2 is 1.85 bits per heavy atom. The fourth-order valence-electron chi connectivity index (χ4n) is 2.16. The quantitative estimate of drug-likeness (QED) is 0.771. The number of nitrogens with zero attached hydrogens (tertiary/aromatic N) is 2. The summed E-state index contributed by atoms with van der Waals surface area (Å²) in [5, 5.41) is 4.40. The van der Waals surface area contributed by atoms with Crippen LogP contribution in [0.3, 0.4) is 0 Å². The van der Waals surface area contributed by atoms with E-state index in [1.54, 1.807) is 28.9 Å². The van der Waals surface area contributed by atoms with Crippen LogP contribution in [0, 0.1) is 12.7 Å². The molecular weight excluding hydrogens is 253 g/mol. The number of rotatable bonds is 2. The Bertz CT molecular complexity index is 762. The van der Waals surface area contributed by atoms with Crippen LogP contribution in [0.1, 0.15) is 5.56 Å². The molecule has 1 heterocycles. The standard InChI is InChI=1S/C16H14FN3/c1-11-5-4-6-12(9-11)20-16(18)10-15(19-20)13-7-2-3-8-14(13)17/h2-10H,18H2,1H3. The molecule has 0 saturated heterocycles. The zero-order chi connectivity index (χ0) is 14.1. The third kappa shape index (κ3) is 2.16. The van der Waals surface area contributed by atoms with E-state index in [9.17, 15) is 4.39 Å². The van der Waals surface area contributed by atoms with Crippen LogP contribution >= 0.6 is 0 Å². The summed E-state index contributed by atoms with van der Waals surface area (Å²) in [6.45, 7) is 2.00. The van der Waals surface area contributed by atoms with Crippen LogP contribution in [0.5, 0.6) is 0 Å². The first-order valence-corrected chi connectivity index (χ1v) is 6.32. The van der Waals surface area contributed by atoms with Gasteiger partial charge in [-0.25, -0.2) is 9.07 Å². The van der Waals surface area contributed by atoms with Gasteiger partial charge in [-0.1, -0.05) is 24.3 Å². The molecule has 1 aromatic heterocycles. The average Bonchev–Trinajstić information content (AvgIpc) is 2.81. The lowest BCUT2D eigenvalue weighted by molar-refractivity contribution is 0.630. The first-order valence-electron chi connectivity index (χ1n) is 6.32. The number of nitrogen functional groups attached to an aromatic ring is 1. The molecule has 3 nitrogen and oxygen atoms in total. The highest BCUT2D eigenvalue weighted by atomic mass is 19.1. The molecule has 0 spiro atoms. The number of hydrogen-bond donors (Lipinski definition) is 1. The summed E-state index contributed by atoms with van der Waals surface area (Å²) >= 11 is 0. The lowest BCUT2D eigenvalue weighted by Crippen LogP contribution is -2.01. The molecule has 0 saturated carbocycles. The van der Waals surface area contributed by atoms with Gasteiger partial charge < -0.3 is 5.73 Å². The van der Waals surface area contributed by atoms with E-state index < -0.39 is 0 Å². The Hall–Kier alpha value is -2.62. The predicted molar refractivity (Wildman–Crippen MR) is 78.1 cm³/mol. The van der Waals surface area contributed by atoms with Gasteiger partial charge in [0.1, 0.15) is 11.6 Å². The van der Waals surface area contributed by atoms with Crippen molar-refractivity contribution in [3.8, 4) is 16.9 Å². The molecule has 3 aromatic rings. The summed E-state index contributed by atoms with van der Waals surface area (Å²) in [6, 6.07) is 16.1. The summed E-state index contributed by atoms with van der Waals surface area (Å²) in [4.78, 5) is 0. The molecule has 0 unspecified atom stereocenters. The SMILES string of the molecule is Cc1cccc(-n2nc(-c3ccccc3F)cc2N)c1. The van der Waals surface area contributed by atoms with Gasteiger partial charge in [-0.2, -0.15) is 5.10 Å². The Kier molecular flexibility index (Phi) is 2.99. The van der Waals surface area contributed by atoms with E-state index in [-0.39, 0.29) is 5.82 Å². The second kappa shape index (κ2) is 4.81. The fourth-order valence-corrected chi connectivity index (χ4v) is 2.16. The number of halogens is 1. The molecule has 0 bridgehead atoms. The molecule has 20 heavy (non-hydrogen) atoms. The highest BCUT2D eigenvalue weighted by Crippen LogP contribution is 2.25. The Morgan fingerprint density at radius 3 is 2.60 bits per heavy atom. The molecule has 3 rings (SSSR count). The molecule has 2 aromatic carbocycles. The average molecular weight is 267 g/mol. The van der Waals surface area contributed by atoms with Crippen molar-refractivity contribution in [2.24, 2.45) is 0 Å². The maximum Gasteiger partial charge on any atom is 0.132 e. The Labute approximate surface area is 116 Å². The van der Waals surface area contributed by atoms with E-state index >= 15 is 0 Å². The van der Waals surface area contributed by atoms with E-state index in [1.165, 1.54) is 6.07 Å². The van der Waals surface area contributed by atoms with Crippen molar-refractivity contribution in [1.82, 2.24) is 9.78 Å². The maximum atomic E-state index is 13.8. The van der Waals surface area contributed by atoms with Crippen molar-refractivity contribution >= 4 is 5.82 Å². The van der Waals surface area contributed by atoms with E-state index in [4.69, 9.17) is 5.73 Å². The van der Waals surface area contributed by atoms with Gasteiger partial charge in [-0.15, -0.1) is 0 Å². The molecule has 0 amide bonds. The van der Waals surface area contributed by atoms with Crippen molar-refractivity contribution in [2.75, 3.05) is 5.73 Å². The molecule has 2 N–H and O–H groups in total. The number of anilines is 1. The zero-order valence-electron chi connectivity index (χ0n) is 11.0. The van der Waals surface area contributed by atoms with Gasteiger partial charge >= 0.3 is 0 Å². The fraction of sp³-hybridized carbons (Fsp3) is 0.0625. The van der Waals surface area contributed by atoms with Crippen molar-refractivity contribution in [3.05, 3.63) is 66.0 Å². The van der Waals surface area contributed by atoms with Crippen LogP contribution in [0.2, 0.25) is 0 Å². The molecule has 0 atom stereocenters. The minimum absolute atomic E-state index is 0.304. The first kappa shape index (κ1) is 12.4. The molecule has 4 heteroatoms. The summed E-state index contributed by atoms with van der Waals surface area (Å²) in [5.74, 6) is 0.176. The minimum atomic E-state index is -0.304. The smallest absolute Gasteiger partial charge is 0.132 e. The normalized spacial score (nSPS) is 10.7. The molecule has 100 valence electrons. The summed E-state index contributed by atoms with van der Waals surface area (Å²) in [5.41, 5.74) is 8.95. The second-order valence-corrected chi connectivity index (χ2v) is 4.69. The van der Waals surface area contributed by atoms with Gasteiger partial charge in [0.2, 0.25) is 0 Å². The van der Waals surface area contributed by atoms with Crippen molar-refractivity contribution < 1.29 is 4.39 Å². The van der Waals surface area contributed by atoms with Crippen LogP contribution in [0.25, 0.3) is 16.9 Å². The lowest BCUT2D eigenvalue weighted by Gasteiger charge is -2.04. The second-order valence-electron chi connectivity index (χ2n) is 4.69. The van der Waals surface area contributed by atoms with Crippen molar-refractivity contribution in [1.29, 1.82) is 0 Å². The zero-order valence-corrected chi connectivity index (χ0v) is 11.0. The number of aryl methyl sites for hydroxylation is 1. The number of benzene rings is 2. The van der Waals surface area contributed by atoms with Gasteiger partial charge in [0.15, 0.2) is 0 Å². The van der Waals surface area contributed by atoms with Gasteiger partial charge in [0.25, 0.3) is 0 Å². The van der Waals surface area contributed by atoms with Gasteiger partial charge in [0, 0.05) is 11.6 Å². The lowest BCUT2D eigenvalue weighted by atomic mass is 10.1. The predicted octanol–water partition coefficient (Wildman–Crippen LogP) is 3.57. The van der Waals surface area contributed by atoms with E-state index in [0.717, 1.165) is 11.3 Å². The molecule has 0 aliphatic heterocycles. The highest BCUT2D eigenvalue weighted by Gasteiger charge is 2.11. The number of aromatic nitrogens is 2. The molecule has 0 fully saturated rings. The van der Waals surface area contributed by atoms with Gasteiger partial charge in [0.05, 0.1) is 11.4 Å². The minimum Gasteiger partial charge on any atom is -0.384 e. The van der Waals surface area contributed by atoms with Crippen LogP contribution in [-0.4, -0.2) is 9.78 Å². The maximum absolute atomic E-state index is 13.8. The third-order valence-corrected chi connectivity index (χ3v) is 3.13. The number of hydrogen-bond acceptors (Lipinski definition) is 2. The Balaban J connectivity index is 2.10. The van der Waals surface area contributed by atoms with E-state index in [0.29, 0.717) is 17.1 Å². The number of nitrogens with two attached hydrogens (primary N) is 1. The van der Waals surface area contributed by atoms with Gasteiger partial charge in [-0.3, -0.25) is 0 Å². The Morgan fingerprint density at radius 1 is 1.05 bits per heavy atom. The third-order valence-electron chi connectivity index (χ3n) is 3.13. The molecular formula is C16H14FN3. The molecule has 0 radical (unpaired) electrons. The van der Waals surface area contributed by atoms with Crippen LogP contribution < -0.4 is 5.73 Å². The van der Waals surface area contributed by atoms with Crippen molar-refractivity contribution in [3.63, 3.8) is 0 Å². The van der Waals surface area contributed by atoms with Crippen molar-refractivity contribution in [2.45, 2.75) is 6.92 Å². The summed E-state index contributed by atoms with van der Waals surface area (Å²) < 4.78 is 15.4. The monoisotopic (exact) mass is 267 g/mol. The molecule has 0 aliphatic carbocycles. The van der Waals surface area contributed by atoms with E-state index in [2.05, 4.69) is 5.10 Å². The largest absolute Gasteiger partial charge is 0.384 e. The van der Waals surface area contributed by atoms with Crippen LogP contribution in [0.4, 0.5) is 10.2 Å². The van der Waals surface area contributed by atoms with Gasteiger partial charge in [-0.05, 0) is 36.8 Å². The highest BCUT2D eigenvalue weighted by molar-refractivity contribution is 5.64. The topological polar surface area (TPSA) is 43.8 Å². The summed E-state index contributed by atoms with van der Waals surface area (Å²) in [6.07, 6.45) is 0.